The third kappa shape index (κ3) is 13.4. The van der Waals surface area contributed by atoms with E-state index >= 15 is 0 Å². The van der Waals surface area contributed by atoms with E-state index in [4.69, 9.17) is 4.74 Å². The average Bonchev–Trinajstić information content (AvgIpc) is 2.26. The first-order valence-electron chi connectivity index (χ1n) is 6.51. The standard InChI is InChI=1S/C14H26O/c1-3-5-7-8-9-10-11-12-14-15-13-6-4-2/h3-11,13H2,1-2H3. The second-order valence-electron chi connectivity index (χ2n) is 4.00. The molecule has 0 aromatic carbocycles. The topological polar surface area (TPSA) is 9.23 Å². The highest BCUT2D eigenvalue weighted by molar-refractivity contribution is 4.90. The summed E-state index contributed by atoms with van der Waals surface area (Å²) in [5.74, 6) is 3.06. The van der Waals surface area contributed by atoms with Crippen LogP contribution in [-0.4, -0.2) is 6.61 Å². The summed E-state index contributed by atoms with van der Waals surface area (Å²) >= 11 is 0. The molecule has 0 saturated carbocycles. The molecule has 0 heterocycles. The highest BCUT2D eigenvalue weighted by atomic mass is 16.5. The fourth-order valence-corrected chi connectivity index (χ4v) is 1.36. The van der Waals surface area contributed by atoms with E-state index in [1.54, 1.807) is 0 Å². The smallest absolute Gasteiger partial charge is 0.110 e. The van der Waals surface area contributed by atoms with Gasteiger partial charge in [-0.05, 0) is 12.8 Å². The minimum atomic E-state index is 0.792. The molecule has 0 aromatic heterocycles. The summed E-state index contributed by atoms with van der Waals surface area (Å²) in [7, 11) is 0. The third-order valence-electron chi connectivity index (χ3n) is 2.40. The Balaban J connectivity index is 3.02. The zero-order valence-electron chi connectivity index (χ0n) is 10.5. The second-order valence-corrected chi connectivity index (χ2v) is 4.00. The number of unbranched alkanes of at least 4 members (excludes halogenated alkanes) is 7. The summed E-state index contributed by atoms with van der Waals surface area (Å²) in [6.07, 6.45) is 14.1. The van der Waals surface area contributed by atoms with E-state index < -0.39 is 0 Å². The molecule has 0 amide bonds. The van der Waals surface area contributed by atoms with E-state index in [1.807, 2.05) is 0 Å². The summed E-state index contributed by atoms with van der Waals surface area (Å²) in [6.45, 7) is 5.20. The Bertz CT molecular complexity index is 164. The molecule has 1 nitrogen and oxygen atoms in total. The summed E-state index contributed by atoms with van der Waals surface area (Å²) in [5, 5.41) is 0. The molecule has 88 valence electrons. The molecule has 0 aliphatic heterocycles. The molecule has 0 rings (SSSR count). The van der Waals surface area contributed by atoms with Gasteiger partial charge in [0.1, 0.15) is 12.7 Å². The highest BCUT2D eigenvalue weighted by Gasteiger charge is 1.87. The molecule has 0 saturated heterocycles. The first-order valence-corrected chi connectivity index (χ1v) is 6.51. The first-order chi connectivity index (χ1) is 7.41. The summed E-state index contributed by atoms with van der Waals surface area (Å²) in [6, 6.07) is 0. The fourth-order valence-electron chi connectivity index (χ4n) is 1.36. The zero-order chi connectivity index (χ0) is 11.2. The largest absolute Gasteiger partial charge is 0.447 e. The molecule has 0 aliphatic carbocycles. The predicted molar refractivity (Wildman–Crippen MR) is 66.6 cm³/mol. The summed E-state index contributed by atoms with van der Waals surface area (Å²) < 4.78 is 5.16. The maximum Gasteiger partial charge on any atom is 0.110 e. The molecule has 0 aromatic rings. The van der Waals surface area contributed by atoms with Gasteiger partial charge >= 0.3 is 0 Å². The molecule has 0 spiro atoms. The number of hydrogen-bond acceptors (Lipinski definition) is 1. The molecular formula is C14H26O. The van der Waals surface area contributed by atoms with Crippen LogP contribution in [0.15, 0.2) is 0 Å². The van der Waals surface area contributed by atoms with Gasteiger partial charge < -0.3 is 4.74 Å². The van der Waals surface area contributed by atoms with E-state index in [0.29, 0.717) is 0 Å². The van der Waals surface area contributed by atoms with Crippen molar-refractivity contribution in [2.75, 3.05) is 6.61 Å². The SMILES string of the molecule is CCCCCCCCC#COCCCC. The van der Waals surface area contributed by atoms with E-state index in [0.717, 1.165) is 19.4 Å². The molecule has 0 unspecified atom stereocenters. The van der Waals surface area contributed by atoms with Crippen LogP contribution < -0.4 is 0 Å². The van der Waals surface area contributed by atoms with Gasteiger partial charge in [-0.2, -0.15) is 0 Å². The van der Waals surface area contributed by atoms with E-state index in [9.17, 15) is 0 Å². The Morgan fingerprint density at radius 3 is 2.20 bits per heavy atom. The molecule has 0 aliphatic rings. The van der Waals surface area contributed by atoms with Crippen molar-refractivity contribution in [3.63, 3.8) is 0 Å². The van der Waals surface area contributed by atoms with Gasteiger partial charge in [0.2, 0.25) is 0 Å². The Morgan fingerprint density at radius 2 is 1.47 bits per heavy atom. The number of ether oxygens (including phenoxy) is 1. The zero-order valence-corrected chi connectivity index (χ0v) is 10.5. The summed E-state index contributed by atoms with van der Waals surface area (Å²) in [4.78, 5) is 0. The van der Waals surface area contributed by atoms with Gasteiger partial charge in [-0.15, -0.1) is 0 Å². The van der Waals surface area contributed by atoms with Crippen LogP contribution in [-0.2, 0) is 4.74 Å². The minimum Gasteiger partial charge on any atom is -0.447 e. The quantitative estimate of drug-likeness (QED) is 0.402. The van der Waals surface area contributed by atoms with Crippen molar-refractivity contribution >= 4 is 0 Å². The second kappa shape index (κ2) is 13.4. The Kier molecular flexibility index (Phi) is 12.8. The molecule has 0 fully saturated rings. The van der Waals surface area contributed by atoms with Crippen molar-refractivity contribution in [2.45, 2.75) is 71.6 Å². The monoisotopic (exact) mass is 210 g/mol. The average molecular weight is 210 g/mol. The normalized spacial score (nSPS) is 9.47. The van der Waals surface area contributed by atoms with Gasteiger partial charge in [0.05, 0.1) is 0 Å². The van der Waals surface area contributed by atoms with Crippen LogP contribution in [0.4, 0.5) is 0 Å². The Hall–Kier alpha value is -0.640. The fraction of sp³-hybridized carbons (Fsp3) is 0.857. The van der Waals surface area contributed by atoms with E-state index in [-0.39, 0.29) is 0 Å². The van der Waals surface area contributed by atoms with Crippen LogP contribution in [0.2, 0.25) is 0 Å². The Morgan fingerprint density at radius 1 is 0.800 bits per heavy atom. The third-order valence-corrected chi connectivity index (χ3v) is 2.40. The van der Waals surface area contributed by atoms with Gasteiger partial charge in [-0.3, -0.25) is 0 Å². The lowest BCUT2D eigenvalue weighted by Gasteiger charge is -1.96. The van der Waals surface area contributed by atoms with Gasteiger partial charge in [0.25, 0.3) is 0 Å². The maximum atomic E-state index is 5.16. The van der Waals surface area contributed by atoms with Crippen LogP contribution in [0, 0.1) is 12.0 Å². The lowest BCUT2D eigenvalue weighted by molar-refractivity contribution is 0.270. The van der Waals surface area contributed by atoms with Crippen LogP contribution in [0.1, 0.15) is 71.6 Å². The first kappa shape index (κ1) is 14.4. The van der Waals surface area contributed by atoms with Crippen molar-refractivity contribution in [3.8, 4) is 12.0 Å². The van der Waals surface area contributed by atoms with Crippen molar-refractivity contribution < 1.29 is 4.74 Å². The lowest BCUT2D eigenvalue weighted by Crippen LogP contribution is -1.85. The van der Waals surface area contributed by atoms with Gasteiger partial charge in [-0.1, -0.05) is 58.3 Å². The lowest BCUT2D eigenvalue weighted by atomic mass is 10.1. The molecule has 0 bridgehead atoms. The van der Waals surface area contributed by atoms with Gasteiger partial charge in [-0.25, -0.2) is 0 Å². The molecule has 15 heavy (non-hydrogen) atoms. The van der Waals surface area contributed by atoms with Crippen molar-refractivity contribution in [1.29, 1.82) is 0 Å². The van der Waals surface area contributed by atoms with E-state index in [1.165, 1.54) is 44.9 Å². The van der Waals surface area contributed by atoms with Gasteiger partial charge in [0.15, 0.2) is 0 Å². The van der Waals surface area contributed by atoms with Crippen LogP contribution in [0.25, 0.3) is 0 Å². The van der Waals surface area contributed by atoms with Crippen molar-refractivity contribution in [3.05, 3.63) is 0 Å². The van der Waals surface area contributed by atoms with Crippen molar-refractivity contribution in [1.82, 2.24) is 0 Å². The Labute approximate surface area is 95.6 Å². The maximum absolute atomic E-state index is 5.16. The van der Waals surface area contributed by atoms with Crippen LogP contribution >= 0.6 is 0 Å². The number of hydrogen-bond donors (Lipinski definition) is 0. The van der Waals surface area contributed by atoms with Crippen LogP contribution in [0.3, 0.4) is 0 Å². The van der Waals surface area contributed by atoms with Crippen LogP contribution in [0.5, 0.6) is 0 Å². The molecule has 0 N–H and O–H groups in total. The predicted octanol–water partition coefficient (Wildman–Crippen LogP) is 4.51. The van der Waals surface area contributed by atoms with E-state index in [2.05, 4.69) is 25.9 Å². The summed E-state index contributed by atoms with van der Waals surface area (Å²) in [5.41, 5.74) is 0. The molecule has 0 atom stereocenters. The van der Waals surface area contributed by atoms with Gasteiger partial charge in [0, 0.05) is 6.42 Å². The minimum absolute atomic E-state index is 0.792. The highest BCUT2D eigenvalue weighted by Crippen LogP contribution is 2.05. The molecule has 0 radical (unpaired) electrons. The molecular weight excluding hydrogens is 184 g/mol. The van der Waals surface area contributed by atoms with Crippen molar-refractivity contribution in [2.24, 2.45) is 0 Å². The number of rotatable bonds is 9. The molecule has 1 heteroatoms.